The molecule has 0 heterocycles. The van der Waals surface area contributed by atoms with Gasteiger partial charge in [0.15, 0.2) is 0 Å². The Morgan fingerprint density at radius 1 is 1.29 bits per heavy atom. The van der Waals surface area contributed by atoms with Gasteiger partial charge in [0.05, 0.1) is 5.56 Å². The number of hydrogen-bond donors (Lipinski definition) is 1. The lowest BCUT2D eigenvalue weighted by atomic mass is 10.1. The number of halogens is 1. The Morgan fingerprint density at radius 3 is 2.47 bits per heavy atom. The first-order chi connectivity index (χ1) is 7.91. The van der Waals surface area contributed by atoms with E-state index in [1.165, 1.54) is 0 Å². The van der Waals surface area contributed by atoms with E-state index in [0.717, 1.165) is 11.0 Å². The normalized spacial score (nSPS) is 10.6. The number of anilines is 1. The number of rotatable bonds is 4. The number of nitrogens with two attached hydrogens (primary N) is 1. The van der Waals surface area contributed by atoms with Crippen molar-refractivity contribution in [2.75, 3.05) is 40.0 Å². The van der Waals surface area contributed by atoms with Gasteiger partial charge in [-0.3, -0.25) is 4.79 Å². The molecule has 0 aromatic heterocycles. The van der Waals surface area contributed by atoms with Crippen molar-refractivity contribution in [1.82, 2.24) is 9.80 Å². The molecule has 0 unspecified atom stereocenters. The molecular weight excluding hydrogens is 282 g/mol. The first-order valence-corrected chi connectivity index (χ1v) is 6.16. The zero-order valence-electron chi connectivity index (χ0n) is 10.4. The number of hydrogen-bond acceptors (Lipinski definition) is 3. The van der Waals surface area contributed by atoms with Gasteiger partial charge in [-0.25, -0.2) is 0 Å². The van der Waals surface area contributed by atoms with Gasteiger partial charge in [0.1, 0.15) is 0 Å². The number of carbonyl (C=O) groups is 1. The second kappa shape index (κ2) is 6.02. The molecule has 0 aliphatic rings. The van der Waals surface area contributed by atoms with E-state index in [1.807, 2.05) is 25.1 Å². The monoisotopic (exact) mass is 299 g/mol. The van der Waals surface area contributed by atoms with Crippen LogP contribution in [0.25, 0.3) is 0 Å². The third kappa shape index (κ3) is 4.02. The molecular formula is C12H18BrN3O. The average Bonchev–Trinajstić information content (AvgIpc) is 2.25. The maximum absolute atomic E-state index is 12.1. The highest BCUT2D eigenvalue weighted by Crippen LogP contribution is 2.19. The molecule has 5 heteroatoms. The number of carbonyl (C=O) groups excluding carboxylic acids is 1. The quantitative estimate of drug-likeness (QED) is 0.861. The molecule has 1 aromatic carbocycles. The second-order valence-electron chi connectivity index (χ2n) is 4.26. The number of likely N-dealkylation sites (N-methyl/N-ethyl adjacent to an activating group) is 2. The van der Waals surface area contributed by atoms with Crippen molar-refractivity contribution in [3.8, 4) is 0 Å². The molecule has 1 aromatic rings. The van der Waals surface area contributed by atoms with Crippen LogP contribution in [0, 0.1) is 0 Å². The molecule has 0 saturated carbocycles. The lowest BCUT2D eigenvalue weighted by Crippen LogP contribution is -2.33. The highest BCUT2D eigenvalue weighted by atomic mass is 79.9. The summed E-state index contributed by atoms with van der Waals surface area (Å²) in [6.07, 6.45) is 0. The van der Waals surface area contributed by atoms with Gasteiger partial charge in [-0.1, -0.05) is 15.9 Å². The first-order valence-electron chi connectivity index (χ1n) is 5.37. The van der Waals surface area contributed by atoms with E-state index < -0.39 is 0 Å². The largest absolute Gasteiger partial charge is 0.398 e. The van der Waals surface area contributed by atoms with Crippen LogP contribution in [0.4, 0.5) is 5.69 Å². The van der Waals surface area contributed by atoms with Crippen LogP contribution in [0.2, 0.25) is 0 Å². The predicted octanol–water partition coefficient (Wildman–Crippen LogP) is 1.66. The van der Waals surface area contributed by atoms with Gasteiger partial charge in [0.2, 0.25) is 0 Å². The van der Waals surface area contributed by atoms with E-state index in [0.29, 0.717) is 17.8 Å². The van der Waals surface area contributed by atoms with Crippen LogP contribution in [0.15, 0.2) is 22.7 Å². The van der Waals surface area contributed by atoms with E-state index in [2.05, 4.69) is 15.9 Å². The van der Waals surface area contributed by atoms with Crippen molar-refractivity contribution in [2.24, 2.45) is 0 Å². The Kier molecular flexibility index (Phi) is 4.96. The Labute approximate surface area is 111 Å². The number of amides is 1. The third-order valence-corrected chi connectivity index (χ3v) is 2.97. The lowest BCUT2D eigenvalue weighted by Gasteiger charge is -2.20. The maximum atomic E-state index is 12.1. The van der Waals surface area contributed by atoms with E-state index in [4.69, 9.17) is 5.73 Å². The summed E-state index contributed by atoms with van der Waals surface area (Å²) in [5.74, 6) is -0.0446. The number of nitrogen functional groups attached to an aromatic ring is 1. The fourth-order valence-electron chi connectivity index (χ4n) is 1.39. The van der Waals surface area contributed by atoms with Gasteiger partial charge in [-0.15, -0.1) is 0 Å². The molecule has 94 valence electrons. The summed E-state index contributed by atoms with van der Waals surface area (Å²) in [6.45, 7) is 1.51. The molecule has 4 nitrogen and oxygen atoms in total. The van der Waals surface area contributed by atoms with E-state index in [9.17, 15) is 4.79 Å². The van der Waals surface area contributed by atoms with Crippen LogP contribution in [0.5, 0.6) is 0 Å². The van der Waals surface area contributed by atoms with Gasteiger partial charge in [0.25, 0.3) is 5.91 Å². The van der Waals surface area contributed by atoms with Crippen LogP contribution in [0.1, 0.15) is 10.4 Å². The van der Waals surface area contributed by atoms with Crippen LogP contribution in [0.3, 0.4) is 0 Å². The van der Waals surface area contributed by atoms with Crippen molar-refractivity contribution in [3.05, 3.63) is 28.2 Å². The third-order valence-electron chi connectivity index (χ3n) is 2.47. The fourth-order valence-corrected chi connectivity index (χ4v) is 1.76. The summed E-state index contributed by atoms with van der Waals surface area (Å²) < 4.78 is 0.877. The SMILES string of the molecule is CN(C)CCN(C)C(=O)c1ccc(Br)cc1N. The van der Waals surface area contributed by atoms with E-state index in [1.54, 1.807) is 24.1 Å². The minimum Gasteiger partial charge on any atom is -0.398 e. The standard InChI is InChI=1S/C12H18BrN3O/c1-15(2)6-7-16(3)12(17)10-5-4-9(13)8-11(10)14/h4-5,8H,6-7,14H2,1-3H3. The van der Waals surface area contributed by atoms with Crippen molar-refractivity contribution in [2.45, 2.75) is 0 Å². The molecule has 0 aliphatic carbocycles. The maximum Gasteiger partial charge on any atom is 0.255 e. The molecule has 0 atom stereocenters. The summed E-state index contributed by atoms with van der Waals surface area (Å²) >= 11 is 3.32. The molecule has 17 heavy (non-hydrogen) atoms. The van der Waals surface area contributed by atoms with Gasteiger partial charge in [-0.05, 0) is 32.3 Å². The highest BCUT2D eigenvalue weighted by molar-refractivity contribution is 9.10. The molecule has 0 fully saturated rings. The number of nitrogens with zero attached hydrogens (tertiary/aromatic N) is 2. The fraction of sp³-hybridized carbons (Fsp3) is 0.417. The number of benzene rings is 1. The van der Waals surface area contributed by atoms with Gasteiger partial charge in [-0.2, -0.15) is 0 Å². The minimum atomic E-state index is -0.0446. The topological polar surface area (TPSA) is 49.6 Å². The highest BCUT2D eigenvalue weighted by Gasteiger charge is 2.14. The Bertz CT molecular complexity index is 407. The van der Waals surface area contributed by atoms with E-state index >= 15 is 0 Å². The van der Waals surface area contributed by atoms with E-state index in [-0.39, 0.29) is 5.91 Å². The molecule has 0 radical (unpaired) electrons. The molecule has 2 N–H and O–H groups in total. The Hall–Kier alpha value is -1.07. The lowest BCUT2D eigenvalue weighted by molar-refractivity contribution is 0.0787. The van der Waals surface area contributed by atoms with Gasteiger partial charge in [0, 0.05) is 30.3 Å². The molecule has 1 rings (SSSR count). The zero-order valence-corrected chi connectivity index (χ0v) is 12.0. The average molecular weight is 300 g/mol. The molecule has 0 aliphatic heterocycles. The summed E-state index contributed by atoms with van der Waals surface area (Å²) in [5, 5.41) is 0. The summed E-state index contributed by atoms with van der Waals surface area (Å²) in [4.78, 5) is 15.8. The first kappa shape index (κ1) is 14.0. The minimum absolute atomic E-state index is 0.0446. The van der Waals surface area contributed by atoms with Gasteiger partial charge < -0.3 is 15.5 Å². The second-order valence-corrected chi connectivity index (χ2v) is 5.18. The smallest absolute Gasteiger partial charge is 0.255 e. The predicted molar refractivity (Wildman–Crippen MR) is 74.1 cm³/mol. The van der Waals surface area contributed by atoms with Crippen molar-refractivity contribution >= 4 is 27.5 Å². The van der Waals surface area contributed by atoms with Gasteiger partial charge >= 0.3 is 0 Å². The molecule has 0 saturated heterocycles. The van der Waals surface area contributed by atoms with Crippen molar-refractivity contribution in [3.63, 3.8) is 0 Å². The van der Waals surface area contributed by atoms with Crippen LogP contribution in [-0.2, 0) is 0 Å². The molecule has 1 amide bonds. The Balaban J connectivity index is 2.75. The zero-order chi connectivity index (χ0) is 13.0. The van der Waals surface area contributed by atoms with Crippen molar-refractivity contribution < 1.29 is 4.79 Å². The van der Waals surface area contributed by atoms with Crippen LogP contribution in [-0.4, -0.2) is 49.9 Å². The van der Waals surface area contributed by atoms with Crippen LogP contribution >= 0.6 is 15.9 Å². The molecule has 0 spiro atoms. The van der Waals surface area contributed by atoms with Crippen molar-refractivity contribution in [1.29, 1.82) is 0 Å². The summed E-state index contributed by atoms with van der Waals surface area (Å²) in [6, 6.07) is 5.31. The Morgan fingerprint density at radius 2 is 1.94 bits per heavy atom. The summed E-state index contributed by atoms with van der Waals surface area (Å²) in [5.41, 5.74) is 6.88. The van der Waals surface area contributed by atoms with Crippen LogP contribution < -0.4 is 5.73 Å². The summed E-state index contributed by atoms with van der Waals surface area (Å²) in [7, 11) is 5.74. The molecule has 0 bridgehead atoms.